The molecule has 8 heteroatoms. The molecule has 0 aliphatic carbocycles. The Hall–Kier alpha value is -2.38. The Bertz CT molecular complexity index is 551. The Labute approximate surface area is 120 Å². The number of benzene rings is 1. The first-order chi connectivity index (χ1) is 9.76. The van der Waals surface area contributed by atoms with Crippen LogP contribution in [0.4, 0.5) is 19.3 Å². The summed E-state index contributed by atoms with van der Waals surface area (Å²) >= 11 is 0. The normalized spacial score (nSPS) is 11.7. The van der Waals surface area contributed by atoms with Gasteiger partial charge in [0.2, 0.25) is 0 Å². The van der Waals surface area contributed by atoms with Crippen molar-refractivity contribution in [2.24, 2.45) is 5.92 Å². The molecule has 0 saturated carbocycles. The standard InChI is InChI=1S/C13H16F2N2O4/c1-7(12(18)19)6-17(2)13(20)16-10-4-8(14)9(15)5-11(10)21-3/h4-5,7H,6H2,1-3H3,(H,16,20)(H,18,19). The van der Waals surface area contributed by atoms with Crippen molar-refractivity contribution in [3.63, 3.8) is 0 Å². The molecule has 2 amide bonds. The minimum absolute atomic E-state index is 0.0346. The Kier molecular flexibility index (Phi) is 5.45. The summed E-state index contributed by atoms with van der Waals surface area (Å²) in [7, 11) is 2.64. The number of hydrogen-bond donors (Lipinski definition) is 2. The number of halogens is 2. The van der Waals surface area contributed by atoms with Gasteiger partial charge >= 0.3 is 12.0 Å². The maximum atomic E-state index is 13.2. The maximum absolute atomic E-state index is 13.2. The van der Waals surface area contributed by atoms with E-state index in [2.05, 4.69) is 5.32 Å². The van der Waals surface area contributed by atoms with Crippen LogP contribution in [0.1, 0.15) is 6.92 Å². The summed E-state index contributed by atoms with van der Waals surface area (Å²) in [4.78, 5) is 23.7. The summed E-state index contributed by atoms with van der Waals surface area (Å²) < 4.78 is 31.1. The topological polar surface area (TPSA) is 78.9 Å². The molecule has 0 aromatic heterocycles. The Morgan fingerprint density at radius 1 is 1.38 bits per heavy atom. The fraction of sp³-hybridized carbons (Fsp3) is 0.385. The van der Waals surface area contributed by atoms with E-state index in [1.54, 1.807) is 0 Å². The summed E-state index contributed by atoms with van der Waals surface area (Å²) in [6, 6.07) is 0.943. The summed E-state index contributed by atoms with van der Waals surface area (Å²) in [6.45, 7) is 1.41. The summed E-state index contributed by atoms with van der Waals surface area (Å²) in [5.74, 6) is -4.07. The van der Waals surface area contributed by atoms with E-state index in [4.69, 9.17) is 9.84 Å². The fourth-order valence-corrected chi connectivity index (χ4v) is 1.58. The van der Waals surface area contributed by atoms with E-state index in [-0.39, 0.29) is 18.0 Å². The minimum Gasteiger partial charge on any atom is -0.494 e. The first-order valence-electron chi connectivity index (χ1n) is 6.04. The van der Waals surface area contributed by atoms with Gasteiger partial charge in [0.05, 0.1) is 18.7 Å². The van der Waals surface area contributed by atoms with Crippen molar-refractivity contribution in [2.75, 3.05) is 26.0 Å². The van der Waals surface area contributed by atoms with Gasteiger partial charge in [0.25, 0.3) is 0 Å². The third kappa shape index (κ3) is 4.30. The number of urea groups is 1. The highest BCUT2D eigenvalue weighted by molar-refractivity contribution is 5.91. The second-order valence-corrected chi connectivity index (χ2v) is 4.52. The number of carbonyl (C=O) groups is 2. The van der Waals surface area contributed by atoms with Crippen molar-refractivity contribution in [3.05, 3.63) is 23.8 Å². The second kappa shape index (κ2) is 6.87. The molecule has 0 bridgehead atoms. The van der Waals surface area contributed by atoms with Crippen LogP contribution in [-0.2, 0) is 4.79 Å². The second-order valence-electron chi connectivity index (χ2n) is 4.52. The van der Waals surface area contributed by atoms with Crippen molar-refractivity contribution in [3.8, 4) is 5.75 Å². The molecule has 0 fully saturated rings. The molecule has 1 atom stereocenters. The van der Waals surface area contributed by atoms with Crippen molar-refractivity contribution >= 4 is 17.7 Å². The lowest BCUT2D eigenvalue weighted by molar-refractivity contribution is -0.141. The zero-order valence-electron chi connectivity index (χ0n) is 11.8. The highest BCUT2D eigenvalue weighted by Gasteiger charge is 2.19. The fourth-order valence-electron chi connectivity index (χ4n) is 1.58. The van der Waals surface area contributed by atoms with Crippen LogP contribution in [0, 0.1) is 17.6 Å². The first kappa shape index (κ1) is 16.7. The number of carbonyl (C=O) groups excluding carboxylic acids is 1. The number of ether oxygens (including phenoxy) is 1. The first-order valence-corrected chi connectivity index (χ1v) is 6.04. The Morgan fingerprint density at radius 3 is 2.48 bits per heavy atom. The lowest BCUT2D eigenvalue weighted by atomic mass is 10.2. The Morgan fingerprint density at radius 2 is 1.95 bits per heavy atom. The molecule has 0 aliphatic rings. The summed E-state index contributed by atoms with van der Waals surface area (Å²) in [5.41, 5.74) is -0.0452. The number of anilines is 1. The van der Waals surface area contributed by atoms with Gasteiger partial charge in [-0.25, -0.2) is 13.6 Å². The molecule has 21 heavy (non-hydrogen) atoms. The molecular formula is C13H16F2N2O4. The van der Waals surface area contributed by atoms with E-state index in [1.807, 2.05) is 0 Å². The highest BCUT2D eigenvalue weighted by Crippen LogP contribution is 2.27. The molecule has 0 heterocycles. The number of nitrogens with one attached hydrogen (secondary N) is 1. The largest absolute Gasteiger partial charge is 0.494 e. The molecule has 1 unspecified atom stereocenters. The van der Waals surface area contributed by atoms with Crippen LogP contribution in [-0.4, -0.2) is 42.7 Å². The van der Waals surface area contributed by atoms with E-state index in [0.717, 1.165) is 17.0 Å². The van der Waals surface area contributed by atoms with Crippen molar-refractivity contribution in [1.82, 2.24) is 4.90 Å². The van der Waals surface area contributed by atoms with Crippen LogP contribution in [0.15, 0.2) is 12.1 Å². The molecule has 0 spiro atoms. The Balaban J connectivity index is 2.83. The maximum Gasteiger partial charge on any atom is 0.321 e. The van der Waals surface area contributed by atoms with Gasteiger partial charge < -0.3 is 20.1 Å². The van der Waals surface area contributed by atoms with E-state index in [9.17, 15) is 18.4 Å². The van der Waals surface area contributed by atoms with Crippen LogP contribution in [0.2, 0.25) is 0 Å². The van der Waals surface area contributed by atoms with Crippen molar-refractivity contribution in [1.29, 1.82) is 0 Å². The average Bonchev–Trinajstić information content (AvgIpc) is 2.42. The van der Waals surface area contributed by atoms with Crippen molar-refractivity contribution in [2.45, 2.75) is 6.92 Å². The minimum atomic E-state index is -1.13. The highest BCUT2D eigenvalue weighted by atomic mass is 19.2. The summed E-state index contributed by atoms with van der Waals surface area (Å²) in [6.07, 6.45) is 0. The molecule has 6 nitrogen and oxygen atoms in total. The molecule has 1 aromatic rings. The van der Waals surface area contributed by atoms with Crippen LogP contribution in [0.5, 0.6) is 5.75 Å². The molecule has 0 aliphatic heterocycles. The number of nitrogens with zero attached hydrogens (tertiary/aromatic N) is 1. The van der Waals surface area contributed by atoms with Gasteiger partial charge in [-0.2, -0.15) is 0 Å². The molecule has 1 aromatic carbocycles. The molecule has 2 N–H and O–H groups in total. The van der Waals surface area contributed by atoms with Crippen molar-refractivity contribution < 1.29 is 28.2 Å². The van der Waals surface area contributed by atoms with Gasteiger partial charge in [-0.05, 0) is 0 Å². The zero-order chi connectivity index (χ0) is 16.2. The monoisotopic (exact) mass is 302 g/mol. The van der Waals surface area contributed by atoms with Gasteiger partial charge in [-0.3, -0.25) is 4.79 Å². The van der Waals surface area contributed by atoms with Crippen LogP contribution < -0.4 is 10.1 Å². The van der Waals surface area contributed by atoms with Gasteiger partial charge in [0.1, 0.15) is 5.75 Å². The number of carboxylic acids is 1. The number of methoxy groups -OCH3 is 1. The quantitative estimate of drug-likeness (QED) is 0.873. The van der Waals surface area contributed by atoms with Crippen LogP contribution in [0.3, 0.4) is 0 Å². The predicted octanol–water partition coefficient (Wildman–Crippen LogP) is 2.16. The lowest BCUT2D eigenvalue weighted by Gasteiger charge is -2.20. The molecular weight excluding hydrogens is 286 g/mol. The van der Waals surface area contributed by atoms with E-state index < -0.39 is 29.6 Å². The van der Waals surface area contributed by atoms with E-state index in [1.165, 1.54) is 21.1 Å². The lowest BCUT2D eigenvalue weighted by Crippen LogP contribution is -2.36. The number of hydrogen-bond acceptors (Lipinski definition) is 3. The number of amides is 2. The molecule has 1 rings (SSSR count). The average molecular weight is 302 g/mol. The van der Waals surface area contributed by atoms with Crippen LogP contribution in [0.25, 0.3) is 0 Å². The smallest absolute Gasteiger partial charge is 0.321 e. The number of aliphatic carboxylic acids is 1. The van der Waals surface area contributed by atoms with E-state index in [0.29, 0.717) is 0 Å². The van der Waals surface area contributed by atoms with Gasteiger partial charge in [-0.15, -0.1) is 0 Å². The summed E-state index contributed by atoms with van der Waals surface area (Å²) in [5, 5.41) is 11.1. The zero-order valence-corrected chi connectivity index (χ0v) is 11.8. The van der Waals surface area contributed by atoms with Crippen LogP contribution >= 0.6 is 0 Å². The third-order valence-corrected chi connectivity index (χ3v) is 2.80. The molecule has 0 radical (unpaired) electrons. The number of rotatable bonds is 5. The van der Waals surface area contributed by atoms with Gasteiger partial charge in [0, 0.05) is 25.7 Å². The predicted molar refractivity (Wildman–Crippen MR) is 71.4 cm³/mol. The van der Waals surface area contributed by atoms with Gasteiger partial charge in [0.15, 0.2) is 11.6 Å². The number of carboxylic acid groups (broad SMARTS) is 1. The SMILES string of the molecule is COc1cc(F)c(F)cc1NC(=O)N(C)CC(C)C(=O)O. The molecule has 116 valence electrons. The molecule has 0 saturated heterocycles. The van der Waals surface area contributed by atoms with E-state index >= 15 is 0 Å². The third-order valence-electron chi connectivity index (χ3n) is 2.80. The van der Waals surface area contributed by atoms with Gasteiger partial charge in [-0.1, -0.05) is 6.92 Å².